The van der Waals surface area contributed by atoms with E-state index in [1.54, 1.807) is 17.0 Å². The minimum atomic E-state index is -0.931. The molecule has 1 aliphatic rings. The first-order valence-electron chi connectivity index (χ1n) is 9.54. The maximum absolute atomic E-state index is 13.2. The summed E-state index contributed by atoms with van der Waals surface area (Å²) in [5.41, 5.74) is 1.01. The Morgan fingerprint density at radius 3 is 2.79 bits per heavy atom. The first kappa shape index (κ1) is 21.2. The third-order valence-electron chi connectivity index (χ3n) is 5.03. The van der Waals surface area contributed by atoms with Gasteiger partial charge in [0.25, 0.3) is 5.91 Å². The van der Waals surface area contributed by atoms with E-state index in [0.29, 0.717) is 37.1 Å². The van der Waals surface area contributed by atoms with Gasteiger partial charge >= 0.3 is 0 Å². The number of halogens is 3. The third-order valence-corrected chi connectivity index (χ3v) is 5.24. The van der Waals surface area contributed by atoms with Crippen molar-refractivity contribution in [3.8, 4) is 0 Å². The molecule has 2 aromatic rings. The van der Waals surface area contributed by atoms with Gasteiger partial charge in [0.1, 0.15) is 5.15 Å². The summed E-state index contributed by atoms with van der Waals surface area (Å²) < 4.78 is 26.2. The number of pyridine rings is 1. The van der Waals surface area contributed by atoms with Gasteiger partial charge in [-0.2, -0.15) is 0 Å². The second-order valence-electron chi connectivity index (χ2n) is 7.19. The van der Waals surface area contributed by atoms with Gasteiger partial charge in [-0.05, 0) is 55.0 Å². The van der Waals surface area contributed by atoms with Crippen molar-refractivity contribution in [2.75, 3.05) is 13.1 Å². The van der Waals surface area contributed by atoms with E-state index < -0.39 is 11.6 Å². The fourth-order valence-corrected chi connectivity index (χ4v) is 3.65. The number of carbonyl (C=O) groups excluding carboxylic acids is 2. The summed E-state index contributed by atoms with van der Waals surface area (Å²) in [6.07, 6.45) is 4.32. The molecular weight excluding hydrogens is 400 g/mol. The van der Waals surface area contributed by atoms with Crippen LogP contribution < -0.4 is 5.32 Å². The van der Waals surface area contributed by atoms with Crippen LogP contribution >= 0.6 is 11.6 Å². The number of benzene rings is 1. The molecule has 1 N–H and O–H groups in total. The smallest absolute Gasteiger partial charge is 0.254 e. The van der Waals surface area contributed by atoms with Gasteiger partial charge in [0, 0.05) is 37.8 Å². The molecule has 2 heterocycles. The van der Waals surface area contributed by atoms with Crippen molar-refractivity contribution in [2.24, 2.45) is 5.92 Å². The molecule has 0 spiro atoms. The van der Waals surface area contributed by atoms with Gasteiger partial charge in [-0.3, -0.25) is 9.59 Å². The Morgan fingerprint density at radius 2 is 2.03 bits per heavy atom. The molecule has 1 atom stereocenters. The van der Waals surface area contributed by atoms with Crippen LogP contribution in [0.4, 0.5) is 8.78 Å². The van der Waals surface area contributed by atoms with E-state index in [1.165, 1.54) is 12.3 Å². The number of rotatable bonds is 6. The largest absolute Gasteiger partial charge is 0.352 e. The molecule has 1 fully saturated rings. The zero-order chi connectivity index (χ0) is 20.8. The van der Waals surface area contributed by atoms with Crippen molar-refractivity contribution in [2.45, 2.75) is 32.2 Å². The SMILES string of the molecule is O=C(CC[C@@H]1CCCN(C(=O)c2ccnc(Cl)c2)C1)NCc1ccc(F)c(F)c1. The predicted molar refractivity (Wildman–Crippen MR) is 105 cm³/mol. The normalized spacial score (nSPS) is 16.5. The number of likely N-dealkylation sites (tertiary alicyclic amines) is 1. The molecule has 5 nitrogen and oxygen atoms in total. The van der Waals surface area contributed by atoms with Crippen LogP contribution in [0.5, 0.6) is 0 Å². The molecule has 1 aromatic heterocycles. The standard InChI is InChI=1S/C21H22ClF2N3O2/c22-19-11-16(7-8-25-19)21(29)27-9-1-2-14(13-27)4-6-20(28)26-12-15-3-5-17(23)18(24)10-15/h3,5,7-8,10-11,14H,1-2,4,6,9,12-13H2,(H,26,28)/t14-/m0/s1. The first-order valence-corrected chi connectivity index (χ1v) is 9.91. The predicted octanol–water partition coefficient (Wildman–Crippen LogP) is 3.96. The lowest BCUT2D eigenvalue weighted by atomic mass is 9.93. The van der Waals surface area contributed by atoms with Crippen molar-refractivity contribution in [3.63, 3.8) is 0 Å². The van der Waals surface area contributed by atoms with Gasteiger partial charge in [0.15, 0.2) is 11.6 Å². The van der Waals surface area contributed by atoms with E-state index in [4.69, 9.17) is 11.6 Å². The van der Waals surface area contributed by atoms with Gasteiger partial charge < -0.3 is 10.2 Å². The second-order valence-corrected chi connectivity index (χ2v) is 7.58. The Bertz CT molecular complexity index is 894. The molecular formula is C21H22ClF2N3O2. The van der Waals surface area contributed by atoms with Gasteiger partial charge in [-0.1, -0.05) is 17.7 Å². The van der Waals surface area contributed by atoms with Gasteiger partial charge in [0.05, 0.1) is 0 Å². The summed E-state index contributed by atoms with van der Waals surface area (Å²) in [6.45, 7) is 1.42. The maximum atomic E-state index is 13.2. The maximum Gasteiger partial charge on any atom is 0.254 e. The lowest BCUT2D eigenvalue weighted by Gasteiger charge is -2.32. The molecule has 29 heavy (non-hydrogen) atoms. The molecule has 1 aromatic carbocycles. The highest BCUT2D eigenvalue weighted by Crippen LogP contribution is 2.23. The van der Waals surface area contributed by atoms with Crippen molar-refractivity contribution < 1.29 is 18.4 Å². The Hall–Kier alpha value is -2.54. The van der Waals surface area contributed by atoms with Crippen LogP contribution in [0.15, 0.2) is 36.5 Å². The monoisotopic (exact) mass is 421 g/mol. The second kappa shape index (κ2) is 9.78. The molecule has 3 rings (SSSR count). The lowest BCUT2D eigenvalue weighted by molar-refractivity contribution is -0.121. The first-order chi connectivity index (χ1) is 13.9. The highest BCUT2D eigenvalue weighted by atomic mass is 35.5. The molecule has 1 aliphatic heterocycles. The van der Waals surface area contributed by atoms with Crippen LogP contribution in [-0.2, 0) is 11.3 Å². The molecule has 1 saturated heterocycles. The van der Waals surface area contributed by atoms with Crippen LogP contribution in [-0.4, -0.2) is 34.8 Å². The Morgan fingerprint density at radius 1 is 1.21 bits per heavy atom. The number of amides is 2. The van der Waals surface area contributed by atoms with Crippen molar-refractivity contribution in [3.05, 3.63) is 64.4 Å². The van der Waals surface area contributed by atoms with E-state index in [1.807, 2.05) is 0 Å². The quantitative estimate of drug-likeness (QED) is 0.718. The molecule has 0 aliphatic carbocycles. The minimum Gasteiger partial charge on any atom is -0.352 e. The molecule has 2 amide bonds. The van der Waals surface area contributed by atoms with E-state index >= 15 is 0 Å². The fraction of sp³-hybridized carbons (Fsp3) is 0.381. The molecule has 0 saturated carbocycles. The number of piperidine rings is 1. The van der Waals surface area contributed by atoms with E-state index in [0.717, 1.165) is 25.0 Å². The van der Waals surface area contributed by atoms with Gasteiger partial charge in [-0.15, -0.1) is 0 Å². The van der Waals surface area contributed by atoms with Crippen molar-refractivity contribution in [1.29, 1.82) is 0 Å². The molecule has 8 heteroatoms. The van der Waals surface area contributed by atoms with Crippen LogP contribution in [0, 0.1) is 17.6 Å². The summed E-state index contributed by atoms with van der Waals surface area (Å²) in [4.78, 5) is 30.4. The van der Waals surface area contributed by atoms with Gasteiger partial charge in [0.2, 0.25) is 5.91 Å². The minimum absolute atomic E-state index is 0.0817. The van der Waals surface area contributed by atoms with Crippen LogP contribution in [0.2, 0.25) is 5.15 Å². The van der Waals surface area contributed by atoms with Crippen molar-refractivity contribution >= 4 is 23.4 Å². The van der Waals surface area contributed by atoms with Crippen LogP contribution in [0.1, 0.15) is 41.6 Å². The fourth-order valence-electron chi connectivity index (χ4n) is 3.48. The number of nitrogens with zero attached hydrogens (tertiary/aromatic N) is 2. The van der Waals surface area contributed by atoms with Crippen LogP contribution in [0.25, 0.3) is 0 Å². The summed E-state index contributed by atoms with van der Waals surface area (Å²) in [5, 5.41) is 3.00. The zero-order valence-corrected chi connectivity index (χ0v) is 16.6. The molecule has 0 unspecified atom stereocenters. The van der Waals surface area contributed by atoms with Crippen LogP contribution in [0.3, 0.4) is 0 Å². The number of hydrogen-bond donors (Lipinski definition) is 1. The summed E-state index contributed by atoms with van der Waals surface area (Å²) in [5.74, 6) is -1.84. The Labute approximate surface area is 173 Å². The van der Waals surface area contributed by atoms with E-state index in [-0.39, 0.29) is 29.4 Å². The third kappa shape index (κ3) is 5.97. The Balaban J connectivity index is 1.45. The van der Waals surface area contributed by atoms with Gasteiger partial charge in [-0.25, -0.2) is 13.8 Å². The topological polar surface area (TPSA) is 62.3 Å². The highest BCUT2D eigenvalue weighted by Gasteiger charge is 2.25. The lowest BCUT2D eigenvalue weighted by Crippen LogP contribution is -2.40. The number of hydrogen-bond acceptors (Lipinski definition) is 3. The summed E-state index contributed by atoms with van der Waals surface area (Å²) in [7, 11) is 0. The number of aromatic nitrogens is 1. The van der Waals surface area contributed by atoms with Crippen molar-refractivity contribution in [1.82, 2.24) is 15.2 Å². The Kier molecular flexibility index (Phi) is 7.14. The number of nitrogens with one attached hydrogen (secondary N) is 1. The van der Waals surface area contributed by atoms with E-state index in [2.05, 4.69) is 10.3 Å². The summed E-state index contributed by atoms with van der Waals surface area (Å²) >= 11 is 5.87. The zero-order valence-electron chi connectivity index (χ0n) is 15.8. The van der Waals surface area contributed by atoms with E-state index in [9.17, 15) is 18.4 Å². The number of carbonyl (C=O) groups is 2. The average Bonchev–Trinajstić information content (AvgIpc) is 2.72. The highest BCUT2D eigenvalue weighted by molar-refractivity contribution is 6.29. The molecule has 0 radical (unpaired) electrons. The average molecular weight is 422 g/mol. The summed E-state index contributed by atoms with van der Waals surface area (Å²) in [6, 6.07) is 6.75. The molecule has 0 bridgehead atoms. The molecule has 154 valence electrons.